The lowest BCUT2D eigenvalue weighted by Crippen LogP contribution is -2.26. The smallest absolute Gasteiger partial charge is 0.256 e. The van der Waals surface area contributed by atoms with Gasteiger partial charge in [-0.2, -0.15) is 5.21 Å². The number of carbonyl (C=O) groups excluding carboxylic acids is 2. The maximum Gasteiger partial charge on any atom is 0.256 e. The molecular formula is C26H31N7O4S. The van der Waals surface area contributed by atoms with Crippen molar-refractivity contribution in [2.75, 3.05) is 12.3 Å². The van der Waals surface area contributed by atoms with E-state index in [9.17, 15) is 18.0 Å². The molecule has 2 amide bonds. The molecule has 0 saturated carbocycles. The van der Waals surface area contributed by atoms with Crippen molar-refractivity contribution in [3.8, 4) is 0 Å². The number of hydrogen-bond acceptors (Lipinski definition) is 7. The fourth-order valence-electron chi connectivity index (χ4n) is 4.60. The molecule has 1 aliphatic heterocycles. The Balaban J connectivity index is 1.58. The van der Waals surface area contributed by atoms with Gasteiger partial charge in [-0.25, -0.2) is 8.42 Å². The zero-order valence-electron chi connectivity index (χ0n) is 21.8. The van der Waals surface area contributed by atoms with Gasteiger partial charge < -0.3 is 15.6 Å². The zero-order chi connectivity index (χ0) is 27.4. The maximum absolute atomic E-state index is 13.2. The van der Waals surface area contributed by atoms with Gasteiger partial charge in [0.05, 0.1) is 22.1 Å². The number of aromatic amines is 2. The second kappa shape index (κ2) is 11.1. The molecule has 4 rings (SSSR count). The number of sulfone groups is 1. The summed E-state index contributed by atoms with van der Waals surface area (Å²) in [4.78, 5) is 28.9. The van der Waals surface area contributed by atoms with Crippen LogP contribution < -0.4 is 10.6 Å². The summed E-state index contributed by atoms with van der Waals surface area (Å²) in [6.45, 7) is 7.58. The highest BCUT2D eigenvalue weighted by Crippen LogP contribution is 2.34. The highest BCUT2D eigenvalue weighted by molar-refractivity contribution is 7.92. The van der Waals surface area contributed by atoms with Crippen LogP contribution in [-0.2, 0) is 21.1 Å². The van der Waals surface area contributed by atoms with Gasteiger partial charge in [-0.3, -0.25) is 9.59 Å². The van der Waals surface area contributed by atoms with E-state index in [-0.39, 0.29) is 24.0 Å². The third-order valence-electron chi connectivity index (χ3n) is 6.58. The molecule has 2 aromatic heterocycles. The summed E-state index contributed by atoms with van der Waals surface area (Å²) in [6.07, 6.45) is 11.2. The Labute approximate surface area is 221 Å². The van der Waals surface area contributed by atoms with E-state index in [1.807, 2.05) is 19.9 Å². The Morgan fingerprint density at radius 1 is 1.26 bits per heavy atom. The van der Waals surface area contributed by atoms with Gasteiger partial charge in [0, 0.05) is 35.6 Å². The molecule has 200 valence electrons. The largest absolute Gasteiger partial charge is 0.358 e. The van der Waals surface area contributed by atoms with Gasteiger partial charge in [0.15, 0.2) is 15.7 Å². The highest BCUT2D eigenvalue weighted by Gasteiger charge is 2.34. The second-order valence-corrected chi connectivity index (χ2v) is 11.4. The van der Waals surface area contributed by atoms with E-state index >= 15 is 0 Å². The van der Waals surface area contributed by atoms with E-state index < -0.39 is 15.1 Å². The van der Waals surface area contributed by atoms with Crippen LogP contribution >= 0.6 is 0 Å². The van der Waals surface area contributed by atoms with Crippen molar-refractivity contribution >= 4 is 27.7 Å². The van der Waals surface area contributed by atoms with Crippen molar-refractivity contribution in [3.05, 3.63) is 81.1 Å². The van der Waals surface area contributed by atoms with Gasteiger partial charge in [0.2, 0.25) is 0 Å². The first-order chi connectivity index (χ1) is 18.1. The standard InChI is InChI=1S/C26H31N7O4S/c1-5-7-17(6-2)14-38(36,37)18-8-9-21-19(12-18)20(25(34)29-21)13-22-15(3)24(16(4)28-22)26(35)27-11-10-23-30-32-33-31-23/h5-7,9,12-13,18,28H,8,10-11,14H2,1-4H3,(H,27,35)(H,29,34)(H,30,31,32,33)/b7-5-,17-6+,20-13-. The number of amides is 2. The fraction of sp³-hybridized carbons (Fsp3) is 0.346. The normalized spacial score (nSPS) is 18.9. The fourth-order valence-corrected chi connectivity index (χ4v) is 6.27. The lowest BCUT2D eigenvalue weighted by molar-refractivity contribution is -0.115. The second-order valence-electron chi connectivity index (χ2n) is 9.15. The molecule has 4 N–H and O–H groups in total. The van der Waals surface area contributed by atoms with Gasteiger partial charge in [-0.05, 0) is 51.3 Å². The van der Waals surface area contributed by atoms with Crippen LogP contribution in [0.2, 0.25) is 0 Å². The molecule has 1 unspecified atom stereocenters. The molecule has 1 aliphatic carbocycles. The lowest BCUT2D eigenvalue weighted by atomic mass is 9.98. The molecule has 1 saturated heterocycles. The number of nitrogens with zero attached hydrogens (tertiary/aromatic N) is 3. The predicted octanol–water partition coefficient (Wildman–Crippen LogP) is 2.15. The molecule has 2 aliphatic rings. The molecule has 3 heterocycles. The van der Waals surface area contributed by atoms with Gasteiger partial charge in [0.25, 0.3) is 11.8 Å². The van der Waals surface area contributed by atoms with Crippen LogP contribution in [0.5, 0.6) is 0 Å². The SMILES string of the molecule is C/C=C\C(=C/C)CS(=O)(=O)C1C=C2C(=CC1)NC(=O)/C2=C\c1[nH]c(C)c(C(=O)NCCc2nn[nH]n2)c1C. The van der Waals surface area contributed by atoms with Crippen LogP contribution in [0.15, 0.2) is 52.8 Å². The van der Waals surface area contributed by atoms with Crippen molar-refractivity contribution in [1.82, 2.24) is 36.2 Å². The number of allylic oxidation sites excluding steroid dienone is 5. The Morgan fingerprint density at radius 2 is 2.05 bits per heavy atom. The number of tetrazole rings is 1. The first-order valence-corrected chi connectivity index (χ1v) is 14.0. The maximum atomic E-state index is 13.2. The van der Waals surface area contributed by atoms with Crippen LogP contribution in [0.1, 0.15) is 53.4 Å². The lowest BCUT2D eigenvalue weighted by Gasteiger charge is -2.18. The quantitative estimate of drug-likeness (QED) is 0.281. The van der Waals surface area contributed by atoms with Crippen LogP contribution in [-0.4, -0.2) is 63.4 Å². The van der Waals surface area contributed by atoms with E-state index in [0.29, 0.717) is 58.1 Å². The van der Waals surface area contributed by atoms with Gasteiger partial charge in [-0.1, -0.05) is 35.6 Å². The van der Waals surface area contributed by atoms with E-state index in [1.54, 1.807) is 44.2 Å². The van der Waals surface area contributed by atoms with Crippen molar-refractivity contribution in [2.45, 2.75) is 45.8 Å². The van der Waals surface area contributed by atoms with Crippen LogP contribution in [0.3, 0.4) is 0 Å². The number of aryl methyl sites for hydroxylation is 1. The van der Waals surface area contributed by atoms with E-state index in [1.165, 1.54) is 0 Å². The number of carbonyl (C=O) groups is 2. The molecule has 2 aromatic rings. The summed E-state index contributed by atoms with van der Waals surface area (Å²) in [5.41, 5.74) is 4.66. The van der Waals surface area contributed by atoms with Crippen LogP contribution in [0, 0.1) is 13.8 Å². The third-order valence-corrected chi connectivity index (χ3v) is 8.56. The highest BCUT2D eigenvalue weighted by atomic mass is 32.2. The number of rotatable bonds is 9. The molecule has 11 nitrogen and oxygen atoms in total. The predicted molar refractivity (Wildman–Crippen MR) is 144 cm³/mol. The Hall–Kier alpha value is -4.06. The van der Waals surface area contributed by atoms with Crippen molar-refractivity contribution < 1.29 is 18.0 Å². The summed E-state index contributed by atoms with van der Waals surface area (Å²) in [6, 6.07) is 0. The molecule has 0 aromatic carbocycles. The minimum atomic E-state index is -3.50. The topological polar surface area (TPSA) is 163 Å². The van der Waals surface area contributed by atoms with E-state index in [2.05, 4.69) is 36.2 Å². The van der Waals surface area contributed by atoms with Gasteiger partial charge in [0.1, 0.15) is 0 Å². The first-order valence-electron chi connectivity index (χ1n) is 12.3. The molecule has 0 spiro atoms. The van der Waals surface area contributed by atoms with E-state index in [0.717, 1.165) is 5.57 Å². The van der Waals surface area contributed by atoms with Crippen molar-refractivity contribution in [3.63, 3.8) is 0 Å². The number of H-pyrrole nitrogens is 2. The third kappa shape index (κ3) is 5.59. The van der Waals surface area contributed by atoms with Gasteiger partial charge in [-0.15, -0.1) is 10.2 Å². The molecule has 12 heteroatoms. The van der Waals surface area contributed by atoms with Crippen molar-refractivity contribution in [2.24, 2.45) is 0 Å². The minimum absolute atomic E-state index is 0.0774. The zero-order valence-corrected chi connectivity index (χ0v) is 22.6. The summed E-state index contributed by atoms with van der Waals surface area (Å²) in [7, 11) is -3.50. The number of aromatic nitrogens is 5. The average Bonchev–Trinajstić information content (AvgIpc) is 3.57. The number of hydrogen-bond donors (Lipinski definition) is 4. The minimum Gasteiger partial charge on any atom is -0.358 e. The Kier molecular flexibility index (Phi) is 7.91. The van der Waals surface area contributed by atoms with E-state index in [4.69, 9.17) is 0 Å². The van der Waals surface area contributed by atoms with Crippen LogP contribution in [0.25, 0.3) is 6.08 Å². The molecule has 1 fully saturated rings. The van der Waals surface area contributed by atoms with Crippen LogP contribution in [0.4, 0.5) is 0 Å². The molecular weight excluding hydrogens is 506 g/mol. The molecule has 0 radical (unpaired) electrons. The average molecular weight is 538 g/mol. The van der Waals surface area contributed by atoms with Gasteiger partial charge >= 0.3 is 0 Å². The Morgan fingerprint density at radius 3 is 2.74 bits per heavy atom. The summed E-state index contributed by atoms with van der Waals surface area (Å²) in [5.74, 6) is -0.156. The monoisotopic (exact) mass is 537 g/mol. The first kappa shape index (κ1) is 27.0. The van der Waals surface area contributed by atoms with Crippen molar-refractivity contribution in [1.29, 1.82) is 0 Å². The number of fused-ring (bicyclic) bond motifs is 1. The summed E-state index contributed by atoms with van der Waals surface area (Å²) < 4.78 is 26.3. The summed E-state index contributed by atoms with van der Waals surface area (Å²) >= 11 is 0. The molecule has 38 heavy (non-hydrogen) atoms. The number of nitrogens with one attached hydrogen (secondary N) is 4. The molecule has 0 bridgehead atoms. The summed E-state index contributed by atoms with van der Waals surface area (Å²) in [5, 5.41) is 18.5. The Bertz CT molecular complexity index is 1510. The molecule has 1 atom stereocenters.